The lowest BCUT2D eigenvalue weighted by Crippen LogP contribution is -2.44. The molecule has 2 aromatic heterocycles. The van der Waals surface area contributed by atoms with Crippen molar-refractivity contribution < 1.29 is 8.42 Å². The Balaban J connectivity index is 1.62. The maximum absolute atomic E-state index is 11.6. The summed E-state index contributed by atoms with van der Waals surface area (Å²) < 4.78 is 26.5. The fourth-order valence-corrected chi connectivity index (χ4v) is 3.93. The van der Waals surface area contributed by atoms with E-state index in [0.29, 0.717) is 25.7 Å². The number of rotatable bonds is 5. The van der Waals surface area contributed by atoms with Gasteiger partial charge >= 0.3 is 0 Å². The second-order valence-electron chi connectivity index (χ2n) is 6.24. The van der Waals surface area contributed by atoms with E-state index in [9.17, 15) is 8.42 Å². The van der Waals surface area contributed by atoms with E-state index >= 15 is 0 Å². The van der Waals surface area contributed by atoms with Crippen molar-refractivity contribution in [2.45, 2.75) is 25.4 Å². The molecule has 24 heavy (non-hydrogen) atoms. The quantitative estimate of drug-likeness (QED) is 0.871. The van der Waals surface area contributed by atoms with Gasteiger partial charge in [-0.05, 0) is 25.0 Å². The summed E-state index contributed by atoms with van der Waals surface area (Å²) in [5.41, 5.74) is 3.06. The Bertz CT molecular complexity index is 780. The fraction of sp³-hybridized carbons (Fsp3) is 0.500. The van der Waals surface area contributed by atoms with Crippen LogP contribution in [0.15, 0.2) is 30.7 Å². The molecule has 1 saturated heterocycles. The Hall–Kier alpha value is -1.77. The van der Waals surface area contributed by atoms with Crippen molar-refractivity contribution in [1.29, 1.82) is 0 Å². The van der Waals surface area contributed by atoms with Crippen molar-refractivity contribution >= 4 is 10.0 Å². The number of hydrogen-bond donors (Lipinski definition) is 1. The average Bonchev–Trinajstić information content (AvgIpc) is 2.94. The molecule has 130 valence electrons. The van der Waals surface area contributed by atoms with Crippen molar-refractivity contribution in [3.05, 3.63) is 36.3 Å². The summed E-state index contributed by atoms with van der Waals surface area (Å²) in [7, 11) is -1.16. The van der Waals surface area contributed by atoms with E-state index in [1.807, 2.05) is 36.3 Å². The maximum atomic E-state index is 11.6. The molecule has 0 bridgehead atoms. The number of pyridine rings is 1. The van der Waals surface area contributed by atoms with Crippen molar-refractivity contribution in [3.63, 3.8) is 0 Å². The molecule has 0 unspecified atom stereocenters. The highest BCUT2D eigenvalue weighted by atomic mass is 32.2. The summed E-state index contributed by atoms with van der Waals surface area (Å²) in [6.45, 7) is 1.87. The van der Waals surface area contributed by atoms with Crippen LogP contribution < -0.4 is 5.32 Å². The smallest absolute Gasteiger partial charge is 0.211 e. The third kappa shape index (κ3) is 4.00. The third-order valence-electron chi connectivity index (χ3n) is 4.34. The van der Waals surface area contributed by atoms with E-state index in [1.165, 1.54) is 6.26 Å². The zero-order valence-corrected chi connectivity index (χ0v) is 14.8. The number of aromatic nitrogens is 3. The Labute approximate surface area is 142 Å². The lowest BCUT2D eigenvalue weighted by molar-refractivity contribution is 0.290. The van der Waals surface area contributed by atoms with Crippen LogP contribution in [0.4, 0.5) is 0 Å². The van der Waals surface area contributed by atoms with Crippen molar-refractivity contribution in [3.8, 4) is 11.3 Å². The predicted octanol–water partition coefficient (Wildman–Crippen LogP) is 0.996. The van der Waals surface area contributed by atoms with Crippen molar-refractivity contribution in [1.82, 2.24) is 24.4 Å². The van der Waals surface area contributed by atoms with Crippen LogP contribution in [0.5, 0.6) is 0 Å². The molecular formula is C16H23N5O2S. The molecule has 1 fully saturated rings. The molecule has 0 saturated carbocycles. The first kappa shape index (κ1) is 17.1. The highest BCUT2D eigenvalue weighted by Crippen LogP contribution is 2.21. The monoisotopic (exact) mass is 349 g/mol. The third-order valence-corrected chi connectivity index (χ3v) is 5.65. The molecule has 1 aliphatic heterocycles. The Kier molecular flexibility index (Phi) is 4.98. The van der Waals surface area contributed by atoms with Crippen molar-refractivity contribution in [2.24, 2.45) is 7.05 Å². The maximum Gasteiger partial charge on any atom is 0.211 e. The van der Waals surface area contributed by atoms with Gasteiger partial charge in [-0.25, -0.2) is 12.7 Å². The second-order valence-corrected chi connectivity index (χ2v) is 8.22. The lowest BCUT2D eigenvalue weighted by Gasteiger charge is -2.30. The largest absolute Gasteiger partial charge is 0.310 e. The summed E-state index contributed by atoms with van der Waals surface area (Å²) in [5.74, 6) is 0. The van der Waals surface area contributed by atoms with Gasteiger partial charge in [-0.15, -0.1) is 0 Å². The zero-order chi connectivity index (χ0) is 17.2. The van der Waals surface area contributed by atoms with Crippen LogP contribution in [0.3, 0.4) is 0 Å². The first-order chi connectivity index (χ1) is 11.4. The number of nitrogens with zero attached hydrogens (tertiary/aromatic N) is 4. The van der Waals surface area contributed by atoms with Gasteiger partial charge in [0.2, 0.25) is 10.0 Å². The molecule has 1 aliphatic rings. The molecule has 2 aromatic rings. The highest BCUT2D eigenvalue weighted by molar-refractivity contribution is 7.88. The molecular weight excluding hydrogens is 326 g/mol. The summed E-state index contributed by atoms with van der Waals surface area (Å²) >= 11 is 0. The molecule has 3 rings (SSSR count). The molecule has 0 atom stereocenters. The van der Waals surface area contributed by atoms with Gasteiger partial charge in [0.25, 0.3) is 0 Å². The number of nitrogens with one attached hydrogen (secondary N) is 1. The van der Waals surface area contributed by atoms with Gasteiger partial charge in [-0.1, -0.05) is 0 Å². The van der Waals surface area contributed by atoms with E-state index in [0.717, 1.165) is 29.7 Å². The summed E-state index contributed by atoms with van der Waals surface area (Å²) in [6, 6.07) is 4.23. The van der Waals surface area contributed by atoms with Gasteiger partial charge in [-0.3, -0.25) is 9.67 Å². The molecule has 0 aromatic carbocycles. The minimum atomic E-state index is -3.07. The Morgan fingerprint density at radius 3 is 2.71 bits per heavy atom. The highest BCUT2D eigenvalue weighted by Gasteiger charge is 2.24. The van der Waals surface area contributed by atoms with Crippen LogP contribution in [0, 0.1) is 0 Å². The predicted molar refractivity (Wildman–Crippen MR) is 92.7 cm³/mol. The van der Waals surface area contributed by atoms with Crippen LogP contribution >= 0.6 is 0 Å². The standard InChI is InChI=1S/C16H23N5O2S/c1-20-12-14(16(19-20)13-4-3-7-17-10-13)11-18-15-5-8-21(9-6-15)24(2,22)23/h3-4,7,10,12,15,18H,5-6,8-9,11H2,1-2H3. The second kappa shape index (κ2) is 7.00. The molecule has 0 spiro atoms. The van der Waals surface area contributed by atoms with Crippen LogP contribution in [0.2, 0.25) is 0 Å². The minimum absolute atomic E-state index is 0.324. The number of aryl methyl sites for hydroxylation is 1. The lowest BCUT2D eigenvalue weighted by atomic mass is 10.1. The average molecular weight is 349 g/mol. The number of piperidine rings is 1. The van der Waals surface area contributed by atoms with Gasteiger partial charge in [0.15, 0.2) is 0 Å². The molecule has 1 N–H and O–H groups in total. The van der Waals surface area contributed by atoms with Gasteiger partial charge in [0, 0.05) is 62.4 Å². The molecule has 0 amide bonds. The van der Waals surface area contributed by atoms with E-state index < -0.39 is 10.0 Å². The van der Waals surface area contributed by atoms with Crippen LogP contribution in [-0.2, 0) is 23.6 Å². The van der Waals surface area contributed by atoms with Gasteiger partial charge in [0.1, 0.15) is 0 Å². The minimum Gasteiger partial charge on any atom is -0.310 e. The van der Waals surface area contributed by atoms with E-state index in [-0.39, 0.29) is 0 Å². The van der Waals surface area contributed by atoms with Gasteiger partial charge in [0.05, 0.1) is 11.9 Å². The summed E-state index contributed by atoms with van der Waals surface area (Å²) in [6.07, 6.45) is 8.51. The molecule has 7 nitrogen and oxygen atoms in total. The Morgan fingerprint density at radius 2 is 2.08 bits per heavy atom. The first-order valence-corrected chi connectivity index (χ1v) is 9.90. The molecule has 0 aliphatic carbocycles. The number of sulfonamides is 1. The van der Waals surface area contributed by atoms with Gasteiger partial charge < -0.3 is 5.32 Å². The Morgan fingerprint density at radius 1 is 1.33 bits per heavy atom. The topological polar surface area (TPSA) is 80.1 Å². The number of hydrogen-bond acceptors (Lipinski definition) is 5. The van der Waals surface area contributed by atoms with Crippen LogP contribution in [-0.4, -0.2) is 52.9 Å². The zero-order valence-electron chi connectivity index (χ0n) is 14.0. The van der Waals surface area contributed by atoms with E-state index in [4.69, 9.17) is 0 Å². The van der Waals surface area contributed by atoms with Crippen LogP contribution in [0.25, 0.3) is 11.3 Å². The molecule has 0 radical (unpaired) electrons. The first-order valence-electron chi connectivity index (χ1n) is 8.05. The van der Waals surface area contributed by atoms with E-state index in [2.05, 4.69) is 15.4 Å². The normalized spacial score (nSPS) is 17.2. The fourth-order valence-electron chi connectivity index (χ4n) is 3.06. The van der Waals surface area contributed by atoms with Gasteiger partial charge in [-0.2, -0.15) is 5.10 Å². The molecule has 3 heterocycles. The van der Waals surface area contributed by atoms with E-state index in [1.54, 1.807) is 10.5 Å². The summed E-state index contributed by atoms with van der Waals surface area (Å²) in [4.78, 5) is 4.16. The molecule has 8 heteroatoms. The SMILES string of the molecule is Cn1cc(CNC2CCN(S(C)(=O)=O)CC2)c(-c2cccnc2)n1. The summed E-state index contributed by atoms with van der Waals surface area (Å²) in [5, 5.41) is 8.08. The van der Waals surface area contributed by atoms with Crippen molar-refractivity contribution in [2.75, 3.05) is 19.3 Å². The van der Waals surface area contributed by atoms with Crippen LogP contribution in [0.1, 0.15) is 18.4 Å².